The Bertz CT molecular complexity index is 949. The maximum atomic E-state index is 12.9. The number of hydrogen-bond donors (Lipinski definition) is 0. The van der Waals surface area contributed by atoms with Gasteiger partial charge in [-0.15, -0.1) is 0 Å². The molecule has 1 amide bonds. The van der Waals surface area contributed by atoms with Crippen molar-refractivity contribution in [2.75, 3.05) is 0 Å². The van der Waals surface area contributed by atoms with Crippen LogP contribution < -0.4 is 0 Å². The number of halogens is 1. The molecule has 1 aliphatic heterocycles. The minimum atomic E-state index is -0.331. The highest BCUT2D eigenvalue weighted by atomic mass is 79.9. The number of nitrogens with zero attached hydrogens (tertiary/aromatic N) is 3. The lowest BCUT2D eigenvalue weighted by molar-refractivity contribution is 0.0721. The van der Waals surface area contributed by atoms with E-state index in [9.17, 15) is 4.79 Å². The third-order valence-corrected chi connectivity index (χ3v) is 5.42. The molecule has 0 bridgehead atoms. The molecule has 1 aliphatic rings. The van der Waals surface area contributed by atoms with Gasteiger partial charge in [-0.25, -0.2) is 4.79 Å². The highest BCUT2D eigenvalue weighted by Gasteiger charge is 2.33. The topological polar surface area (TPSA) is 55.3 Å². The standard InChI is InChI=1S/C21H18BrN3O2/c22-18-9-5-4-8-17(18)20-12-19-16(10-11-23-24-19)13-25(20)21(26)27-14-15-6-2-1-3-7-15/h1-11,20H,12-14H2. The average Bonchev–Trinajstić information content (AvgIpc) is 2.72. The van der Waals surface area contributed by atoms with Gasteiger partial charge in [-0.3, -0.25) is 4.90 Å². The number of fused-ring (bicyclic) bond motifs is 1. The lowest BCUT2D eigenvalue weighted by atomic mass is 9.94. The predicted octanol–water partition coefficient (Wildman–Crippen LogP) is 4.68. The van der Waals surface area contributed by atoms with Gasteiger partial charge in [0.25, 0.3) is 0 Å². The molecule has 4 rings (SSSR count). The van der Waals surface area contributed by atoms with Crippen LogP contribution in [0.1, 0.15) is 28.4 Å². The summed E-state index contributed by atoms with van der Waals surface area (Å²) in [4.78, 5) is 14.7. The molecule has 1 aromatic heterocycles. The summed E-state index contributed by atoms with van der Waals surface area (Å²) in [5.74, 6) is 0. The van der Waals surface area contributed by atoms with Gasteiger partial charge in [-0.1, -0.05) is 64.5 Å². The smallest absolute Gasteiger partial charge is 0.410 e. The van der Waals surface area contributed by atoms with Crippen molar-refractivity contribution in [2.45, 2.75) is 25.6 Å². The normalized spacial score (nSPS) is 15.9. The van der Waals surface area contributed by atoms with E-state index in [1.54, 1.807) is 11.1 Å². The third-order valence-electron chi connectivity index (χ3n) is 4.70. The fourth-order valence-corrected chi connectivity index (χ4v) is 3.86. The SMILES string of the molecule is O=C(OCc1ccccc1)N1Cc2ccnnc2CC1c1ccccc1Br. The number of carbonyl (C=O) groups excluding carboxylic acids is 1. The first-order valence-electron chi connectivity index (χ1n) is 8.73. The summed E-state index contributed by atoms with van der Waals surface area (Å²) >= 11 is 3.61. The molecule has 2 aromatic carbocycles. The third kappa shape index (κ3) is 3.85. The first-order valence-corrected chi connectivity index (χ1v) is 9.53. The predicted molar refractivity (Wildman–Crippen MR) is 105 cm³/mol. The number of aromatic nitrogens is 2. The molecule has 3 aromatic rings. The van der Waals surface area contributed by atoms with Crippen LogP contribution in [0.2, 0.25) is 0 Å². The number of carbonyl (C=O) groups is 1. The minimum Gasteiger partial charge on any atom is -0.445 e. The monoisotopic (exact) mass is 423 g/mol. The molecule has 0 radical (unpaired) electrons. The Morgan fingerprint density at radius 3 is 2.70 bits per heavy atom. The fraction of sp³-hybridized carbons (Fsp3) is 0.190. The van der Waals surface area contributed by atoms with Crippen LogP contribution in [0.4, 0.5) is 4.79 Å². The van der Waals surface area contributed by atoms with E-state index in [-0.39, 0.29) is 18.7 Å². The summed E-state index contributed by atoms with van der Waals surface area (Å²) in [5.41, 5.74) is 3.92. The quantitative estimate of drug-likeness (QED) is 0.613. The van der Waals surface area contributed by atoms with E-state index in [0.29, 0.717) is 13.0 Å². The number of rotatable bonds is 3. The minimum absolute atomic E-state index is 0.159. The van der Waals surface area contributed by atoms with Crippen molar-refractivity contribution in [3.05, 3.63) is 93.7 Å². The highest BCUT2D eigenvalue weighted by Crippen LogP contribution is 2.36. The number of benzene rings is 2. The molecule has 6 heteroatoms. The summed E-state index contributed by atoms with van der Waals surface area (Å²) in [6.45, 7) is 0.699. The molecular weight excluding hydrogens is 406 g/mol. The molecule has 0 N–H and O–H groups in total. The van der Waals surface area contributed by atoms with E-state index in [2.05, 4.69) is 26.1 Å². The van der Waals surface area contributed by atoms with Crippen LogP contribution in [0.3, 0.4) is 0 Å². The van der Waals surface area contributed by atoms with E-state index in [4.69, 9.17) is 4.74 Å². The van der Waals surface area contributed by atoms with Crippen LogP contribution in [0.5, 0.6) is 0 Å². The van der Waals surface area contributed by atoms with E-state index in [1.165, 1.54) is 0 Å². The largest absolute Gasteiger partial charge is 0.445 e. The zero-order valence-electron chi connectivity index (χ0n) is 14.6. The van der Waals surface area contributed by atoms with Crippen LogP contribution in [-0.4, -0.2) is 21.2 Å². The summed E-state index contributed by atoms with van der Waals surface area (Å²) in [6.07, 6.45) is 1.93. The Morgan fingerprint density at radius 2 is 1.89 bits per heavy atom. The second kappa shape index (κ2) is 7.88. The van der Waals surface area contributed by atoms with Crippen LogP contribution in [0.15, 0.2) is 71.3 Å². The van der Waals surface area contributed by atoms with Crippen molar-refractivity contribution in [3.63, 3.8) is 0 Å². The molecule has 0 saturated heterocycles. The first kappa shape index (κ1) is 17.7. The van der Waals surface area contributed by atoms with Crippen molar-refractivity contribution in [1.29, 1.82) is 0 Å². The Balaban J connectivity index is 1.61. The van der Waals surface area contributed by atoms with Crippen LogP contribution >= 0.6 is 15.9 Å². The van der Waals surface area contributed by atoms with Gasteiger partial charge < -0.3 is 4.74 Å². The van der Waals surface area contributed by atoms with Gasteiger partial charge in [-0.05, 0) is 28.8 Å². The molecule has 5 nitrogen and oxygen atoms in total. The second-order valence-electron chi connectivity index (χ2n) is 6.41. The molecule has 2 heterocycles. The maximum absolute atomic E-state index is 12.9. The summed E-state index contributed by atoms with van der Waals surface area (Å²) in [6, 6.07) is 19.4. The van der Waals surface area contributed by atoms with Crippen LogP contribution in [-0.2, 0) is 24.3 Å². The Kier molecular flexibility index (Phi) is 5.16. The molecule has 0 spiro atoms. The van der Waals surface area contributed by atoms with Gasteiger partial charge in [0.05, 0.1) is 18.3 Å². The first-order chi connectivity index (χ1) is 13.2. The van der Waals surface area contributed by atoms with Gasteiger partial charge in [0, 0.05) is 17.1 Å². The maximum Gasteiger partial charge on any atom is 0.410 e. The summed E-state index contributed by atoms with van der Waals surface area (Å²) in [5, 5.41) is 8.27. The molecular formula is C21H18BrN3O2. The molecule has 1 atom stereocenters. The number of hydrogen-bond acceptors (Lipinski definition) is 4. The average molecular weight is 424 g/mol. The molecule has 136 valence electrons. The summed E-state index contributed by atoms with van der Waals surface area (Å²) in [7, 11) is 0. The van der Waals surface area contributed by atoms with Gasteiger partial charge >= 0.3 is 6.09 Å². The molecule has 1 unspecified atom stereocenters. The van der Waals surface area contributed by atoms with Crippen molar-refractivity contribution in [3.8, 4) is 0 Å². The zero-order chi connectivity index (χ0) is 18.6. The van der Waals surface area contributed by atoms with E-state index in [1.807, 2.05) is 60.7 Å². The Morgan fingerprint density at radius 1 is 1.11 bits per heavy atom. The molecule has 27 heavy (non-hydrogen) atoms. The van der Waals surface area contributed by atoms with Crippen LogP contribution in [0.25, 0.3) is 0 Å². The molecule has 0 fully saturated rings. The van der Waals surface area contributed by atoms with Crippen LogP contribution in [0, 0.1) is 0 Å². The summed E-state index contributed by atoms with van der Waals surface area (Å²) < 4.78 is 6.57. The molecule has 0 saturated carbocycles. The Hall–Kier alpha value is -2.73. The number of ether oxygens (including phenoxy) is 1. The Labute approximate surface area is 166 Å². The van der Waals surface area contributed by atoms with Crippen molar-refractivity contribution >= 4 is 22.0 Å². The van der Waals surface area contributed by atoms with E-state index < -0.39 is 0 Å². The molecule has 0 aliphatic carbocycles. The van der Waals surface area contributed by atoms with Gasteiger partial charge in [0.2, 0.25) is 0 Å². The van der Waals surface area contributed by atoms with E-state index >= 15 is 0 Å². The van der Waals surface area contributed by atoms with Gasteiger partial charge in [0.15, 0.2) is 0 Å². The second-order valence-corrected chi connectivity index (χ2v) is 7.27. The van der Waals surface area contributed by atoms with Gasteiger partial charge in [0.1, 0.15) is 6.61 Å². The fourth-order valence-electron chi connectivity index (χ4n) is 3.31. The van der Waals surface area contributed by atoms with Crippen molar-refractivity contribution < 1.29 is 9.53 Å². The highest BCUT2D eigenvalue weighted by molar-refractivity contribution is 9.10. The van der Waals surface area contributed by atoms with Crippen molar-refractivity contribution in [2.24, 2.45) is 0 Å². The van der Waals surface area contributed by atoms with E-state index in [0.717, 1.165) is 26.9 Å². The zero-order valence-corrected chi connectivity index (χ0v) is 16.2. The number of amides is 1. The lowest BCUT2D eigenvalue weighted by Crippen LogP contribution is -2.39. The van der Waals surface area contributed by atoms with Gasteiger partial charge in [-0.2, -0.15) is 10.2 Å². The lowest BCUT2D eigenvalue weighted by Gasteiger charge is -2.36. The van der Waals surface area contributed by atoms with Crippen molar-refractivity contribution in [1.82, 2.24) is 15.1 Å².